The molecular formula is C19H17ClFN3O2S. The first kappa shape index (κ1) is 19.4. The van der Waals surface area contributed by atoms with E-state index in [0.717, 1.165) is 11.8 Å². The van der Waals surface area contributed by atoms with Gasteiger partial charge in [0.2, 0.25) is 5.91 Å². The van der Waals surface area contributed by atoms with Crippen molar-refractivity contribution in [2.24, 2.45) is 0 Å². The number of nitrogens with zero attached hydrogens (tertiary/aromatic N) is 2. The average molecular weight is 406 g/mol. The Bertz CT molecular complexity index is 1050. The minimum Gasteiger partial charge on any atom is -0.325 e. The fourth-order valence-electron chi connectivity index (χ4n) is 2.57. The van der Waals surface area contributed by atoms with Gasteiger partial charge in [-0.3, -0.25) is 14.2 Å². The number of hydrogen-bond donors (Lipinski definition) is 1. The highest BCUT2D eigenvalue weighted by molar-refractivity contribution is 7.99. The summed E-state index contributed by atoms with van der Waals surface area (Å²) in [6, 6.07) is 10.3. The first-order valence-electron chi connectivity index (χ1n) is 8.25. The van der Waals surface area contributed by atoms with Crippen LogP contribution in [0.15, 0.2) is 52.4 Å². The van der Waals surface area contributed by atoms with E-state index in [9.17, 15) is 14.0 Å². The molecule has 0 bridgehead atoms. The summed E-state index contributed by atoms with van der Waals surface area (Å²) in [6.07, 6.45) is 0. The molecule has 1 heterocycles. The van der Waals surface area contributed by atoms with Crippen LogP contribution in [0.2, 0.25) is 5.02 Å². The smallest absolute Gasteiger partial charge is 0.262 e. The summed E-state index contributed by atoms with van der Waals surface area (Å²) in [7, 11) is 0. The second-order valence-corrected chi connectivity index (χ2v) is 7.55. The lowest BCUT2D eigenvalue weighted by atomic mass is 10.2. The zero-order chi connectivity index (χ0) is 19.6. The number of thioether (sulfide) groups is 1. The van der Waals surface area contributed by atoms with Crippen molar-refractivity contribution in [3.05, 3.63) is 63.7 Å². The average Bonchev–Trinajstić information content (AvgIpc) is 2.61. The van der Waals surface area contributed by atoms with Gasteiger partial charge in [0, 0.05) is 16.8 Å². The molecule has 140 valence electrons. The van der Waals surface area contributed by atoms with Crippen LogP contribution in [0.4, 0.5) is 10.1 Å². The normalized spacial score (nSPS) is 11.1. The minimum atomic E-state index is -0.373. The van der Waals surface area contributed by atoms with E-state index in [2.05, 4.69) is 10.3 Å². The highest BCUT2D eigenvalue weighted by Crippen LogP contribution is 2.23. The summed E-state index contributed by atoms with van der Waals surface area (Å²) < 4.78 is 14.5. The van der Waals surface area contributed by atoms with Crippen LogP contribution in [0.5, 0.6) is 0 Å². The van der Waals surface area contributed by atoms with Crippen molar-refractivity contribution in [1.29, 1.82) is 0 Å². The quantitative estimate of drug-likeness (QED) is 0.501. The van der Waals surface area contributed by atoms with Gasteiger partial charge < -0.3 is 5.32 Å². The Labute approximate surface area is 164 Å². The van der Waals surface area contributed by atoms with E-state index in [1.54, 1.807) is 22.8 Å². The fourth-order valence-corrected chi connectivity index (χ4v) is 3.66. The van der Waals surface area contributed by atoms with Crippen LogP contribution in [-0.2, 0) is 4.79 Å². The number of fused-ring (bicyclic) bond motifs is 1. The van der Waals surface area contributed by atoms with Crippen molar-refractivity contribution in [1.82, 2.24) is 9.55 Å². The molecule has 5 nitrogen and oxygen atoms in total. The number of anilines is 1. The number of rotatable bonds is 5. The van der Waals surface area contributed by atoms with Crippen LogP contribution in [0.3, 0.4) is 0 Å². The Morgan fingerprint density at radius 2 is 1.96 bits per heavy atom. The number of nitrogens with one attached hydrogen (secondary N) is 1. The maximum absolute atomic E-state index is 12.9. The highest BCUT2D eigenvalue weighted by Gasteiger charge is 2.15. The molecule has 3 aromatic rings. The molecule has 0 aliphatic heterocycles. The van der Waals surface area contributed by atoms with Crippen molar-refractivity contribution in [2.45, 2.75) is 25.0 Å². The topological polar surface area (TPSA) is 64.0 Å². The first-order valence-corrected chi connectivity index (χ1v) is 9.61. The van der Waals surface area contributed by atoms with Crippen molar-refractivity contribution >= 4 is 45.9 Å². The van der Waals surface area contributed by atoms with Gasteiger partial charge in [-0.25, -0.2) is 9.37 Å². The van der Waals surface area contributed by atoms with Crippen LogP contribution in [0.1, 0.15) is 19.9 Å². The second-order valence-electron chi connectivity index (χ2n) is 6.17. The predicted octanol–water partition coefficient (Wildman–Crippen LogP) is 4.50. The third-order valence-corrected chi connectivity index (χ3v) is 5.00. The zero-order valence-corrected chi connectivity index (χ0v) is 16.3. The maximum atomic E-state index is 12.9. The summed E-state index contributed by atoms with van der Waals surface area (Å²) in [5.74, 6) is -0.590. The Hall–Kier alpha value is -2.38. The third kappa shape index (κ3) is 4.48. The largest absolute Gasteiger partial charge is 0.325 e. The Morgan fingerprint density at radius 3 is 2.63 bits per heavy atom. The first-order chi connectivity index (χ1) is 12.8. The molecule has 0 atom stereocenters. The van der Waals surface area contributed by atoms with Gasteiger partial charge in [0.1, 0.15) is 5.82 Å². The van der Waals surface area contributed by atoms with E-state index >= 15 is 0 Å². The molecule has 0 aliphatic rings. The number of halogens is 2. The minimum absolute atomic E-state index is 0.0581. The summed E-state index contributed by atoms with van der Waals surface area (Å²) in [4.78, 5) is 29.5. The zero-order valence-electron chi connectivity index (χ0n) is 14.7. The van der Waals surface area contributed by atoms with Crippen LogP contribution in [-0.4, -0.2) is 21.2 Å². The lowest BCUT2D eigenvalue weighted by Crippen LogP contribution is -2.25. The van der Waals surface area contributed by atoms with E-state index < -0.39 is 0 Å². The number of carbonyl (C=O) groups excluding carboxylic acids is 1. The molecule has 3 rings (SSSR count). The third-order valence-electron chi connectivity index (χ3n) is 3.81. The Kier molecular flexibility index (Phi) is 5.82. The van der Waals surface area contributed by atoms with Gasteiger partial charge in [-0.05, 0) is 56.3 Å². The lowest BCUT2D eigenvalue weighted by Gasteiger charge is -2.16. The van der Waals surface area contributed by atoms with Gasteiger partial charge in [0.05, 0.1) is 16.7 Å². The maximum Gasteiger partial charge on any atom is 0.262 e. The molecule has 0 radical (unpaired) electrons. The number of carbonyl (C=O) groups is 1. The second kappa shape index (κ2) is 8.10. The molecule has 0 unspecified atom stereocenters. The monoisotopic (exact) mass is 405 g/mol. The van der Waals surface area contributed by atoms with Crippen LogP contribution in [0, 0.1) is 5.82 Å². The SMILES string of the molecule is CC(C)n1c(SCC(=O)Nc2ccc(F)cc2)nc2cc(Cl)ccc2c1=O. The van der Waals surface area contributed by atoms with Gasteiger partial charge in [-0.15, -0.1) is 0 Å². The predicted molar refractivity (Wildman–Crippen MR) is 107 cm³/mol. The number of amides is 1. The number of benzene rings is 2. The van der Waals surface area contributed by atoms with Gasteiger partial charge in [0.25, 0.3) is 5.56 Å². The molecule has 2 aromatic carbocycles. The van der Waals surface area contributed by atoms with Crippen LogP contribution < -0.4 is 10.9 Å². The van der Waals surface area contributed by atoms with Crippen molar-refractivity contribution in [2.75, 3.05) is 11.1 Å². The summed E-state index contributed by atoms with van der Waals surface area (Å²) in [6.45, 7) is 3.76. The van der Waals surface area contributed by atoms with Crippen molar-refractivity contribution in [3.63, 3.8) is 0 Å². The van der Waals surface area contributed by atoms with Crippen LogP contribution >= 0.6 is 23.4 Å². The fraction of sp³-hybridized carbons (Fsp3) is 0.211. The van der Waals surface area contributed by atoms with Gasteiger partial charge >= 0.3 is 0 Å². The number of hydrogen-bond acceptors (Lipinski definition) is 4. The molecule has 8 heteroatoms. The Morgan fingerprint density at radius 1 is 1.26 bits per heavy atom. The van der Waals surface area contributed by atoms with Crippen molar-refractivity contribution < 1.29 is 9.18 Å². The van der Waals surface area contributed by atoms with Gasteiger partial charge in [-0.2, -0.15) is 0 Å². The molecule has 1 amide bonds. The van der Waals surface area contributed by atoms with E-state index in [1.807, 2.05) is 13.8 Å². The number of aromatic nitrogens is 2. The lowest BCUT2D eigenvalue weighted by molar-refractivity contribution is -0.113. The van der Waals surface area contributed by atoms with E-state index in [1.165, 1.54) is 24.3 Å². The van der Waals surface area contributed by atoms with E-state index in [0.29, 0.717) is 26.8 Å². The molecule has 1 aromatic heterocycles. The summed E-state index contributed by atoms with van der Waals surface area (Å²) in [5.41, 5.74) is 0.820. The molecule has 27 heavy (non-hydrogen) atoms. The molecule has 0 spiro atoms. The Balaban J connectivity index is 1.84. The van der Waals surface area contributed by atoms with Crippen molar-refractivity contribution in [3.8, 4) is 0 Å². The molecule has 0 fully saturated rings. The van der Waals surface area contributed by atoms with E-state index in [-0.39, 0.29) is 29.1 Å². The molecule has 0 saturated carbocycles. The standard InChI is InChI=1S/C19H17ClFN3O2S/c1-11(2)24-18(26)15-8-3-12(20)9-16(15)23-19(24)27-10-17(25)22-14-6-4-13(21)5-7-14/h3-9,11H,10H2,1-2H3,(H,22,25). The van der Waals surface area contributed by atoms with Gasteiger partial charge in [0.15, 0.2) is 5.16 Å². The molecule has 0 saturated heterocycles. The van der Waals surface area contributed by atoms with Gasteiger partial charge in [-0.1, -0.05) is 23.4 Å². The molecule has 0 aliphatic carbocycles. The summed E-state index contributed by atoms with van der Waals surface area (Å²) in [5, 5.41) is 4.10. The molecular weight excluding hydrogens is 389 g/mol. The summed E-state index contributed by atoms with van der Waals surface area (Å²) >= 11 is 7.17. The van der Waals surface area contributed by atoms with Crippen LogP contribution in [0.25, 0.3) is 10.9 Å². The molecule has 1 N–H and O–H groups in total. The highest BCUT2D eigenvalue weighted by atomic mass is 35.5. The van der Waals surface area contributed by atoms with E-state index in [4.69, 9.17) is 11.6 Å².